The molecular formula is C16H27N3O2. The Morgan fingerprint density at radius 2 is 2.14 bits per heavy atom. The molecule has 1 atom stereocenters. The summed E-state index contributed by atoms with van der Waals surface area (Å²) in [6.07, 6.45) is 0.907. The van der Waals surface area contributed by atoms with Crippen LogP contribution in [-0.4, -0.2) is 43.1 Å². The Hall–Kier alpha value is -1.59. The summed E-state index contributed by atoms with van der Waals surface area (Å²) in [6, 6.07) is 7.34. The summed E-state index contributed by atoms with van der Waals surface area (Å²) in [6.45, 7) is 7.87. The van der Waals surface area contributed by atoms with Crippen molar-refractivity contribution in [3.8, 4) is 5.75 Å². The molecular weight excluding hydrogens is 266 g/mol. The summed E-state index contributed by atoms with van der Waals surface area (Å²) < 4.78 is 5.15. The Morgan fingerprint density at radius 3 is 2.67 bits per heavy atom. The van der Waals surface area contributed by atoms with E-state index in [9.17, 15) is 4.79 Å². The number of hydrogen-bond acceptors (Lipinski definition) is 4. The number of nitrogens with one attached hydrogen (secondary N) is 1. The summed E-state index contributed by atoms with van der Waals surface area (Å²) in [5.74, 6) is 0.679. The molecule has 0 saturated carbocycles. The van der Waals surface area contributed by atoms with E-state index in [2.05, 4.69) is 24.1 Å². The quantitative estimate of drug-likeness (QED) is 0.770. The zero-order valence-electron chi connectivity index (χ0n) is 13.5. The fourth-order valence-corrected chi connectivity index (χ4v) is 2.26. The highest BCUT2D eigenvalue weighted by Crippen LogP contribution is 2.19. The predicted molar refractivity (Wildman–Crippen MR) is 86.6 cm³/mol. The van der Waals surface area contributed by atoms with Gasteiger partial charge < -0.3 is 15.8 Å². The summed E-state index contributed by atoms with van der Waals surface area (Å²) in [7, 11) is 1.60. The van der Waals surface area contributed by atoms with Crippen molar-refractivity contribution in [2.24, 2.45) is 5.73 Å². The molecule has 1 unspecified atom stereocenters. The number of nitrogens with two attached hydrogens (primary N) is 1. The first-order valence-electron chi connectivity index (χ1n) is 7.38. The Bertz CT molecular complexity index is 459. The molecule has 0 aromatic heterocycles. The SMILES string of the molecule is CCN(CC(=O)Nc1cccc(OC)c1)C(C)(CC)CN. The minimum absolute atomic E-state index is 0.0433. The normalized spacial score (nSPS) is 13.8. The van der Waals surface area contributed by atoms with Gasteiger partial charge in [0.2, 0.25) is 5.91 Å². The van der Waals surface area contributed by atoms with Gasteiger partial charge in [0.25, 0.3) is 0 Å². The molecule has 0 heterocycles. The van der Waals surface area contributed by atoms with Crippen LogP contribution < -0.4 is 15.8 Å². The lowest BCUT2D eigenvalue weighted by molar-refractivity contribution is -0.118. The maximum atomic E-state index is 12.2. The number of carbonyl (C=O) groups excluding carboxylic acids is 1. The van der Waals surface area contributed by atoms with E-state index in [-0.39, 0.29) is 11.4 Å². The average molecular weight is 293 g/mol. The van der Waals surface area contributed by atoms with E-state index >= 15 is 0 Å². The van der Waals surface area contributed by atoms with Gasteiger partial charge in [-0.15, -0.1) is 0 Å². The van der Waals surface area contributed by atoms with E-state index in [0.29, 0.717) is 13.1 Å². The zero-order chi connectivity index (χ0) is 15.9. The first-order chi connectivity index (χ1) is 9.98. The standard InChI is InChI=1S/C16H27N3O2/c1-5-16(3,12-17)19(6-2)11-15(20)18-13-8-7-9-14(10-13)21-4/h7-10H,5-6,11-12,17H2,1-4H3,(H,18,20). The number of carbonyl (C=O) groups is 1. The van der Waals surface area contributed by atoms with Gasteiger partial charge >= 0.3 is 0 Å². The third-order valence-electron chi connectivity index (χ3n) is 4.03. The van der Waals surface area contributed by atoms with Crippen LogP contribution in [0.2, 0.25) is 0 Å². The highest BCUT2D eigenvalue weighted by Gasteiger charge is 2.28. The van der Waals surface area contributed by atoms with Crippen molar-refractivity contribution in [1.82, 2.24) is 4.90 Å². The van der Waals surface area contributed by atoms with Crippen molar-refractivity contribution < 1.29 is 9.53 Å². The van der Waals surface area contributed by atoms with Crippen LogP contribution in [0.15, 0.2) is 24.3 Å². The lowest BCUT2D eigenvalue weighted by atomic mass is 9.96. The fraction of sp³-hybridized carbons (Fsp3) is 0.562. The van der Waals surface area contributed by atoms with E-state index in [1.54, 1.807) is 13.2 Å². The number of methoxy groups -OCH3 is 1. The van der Waals surface area contributed by atoms with Crippen LogP contribution in [0, 0.1) is 0 Å². The van der Waals surface area contributed by atoms with Crippen molar-refractivity contribution in [1.29, 1.82) is 0 Å². The number of nitrogens with zero attached hydrogens (tertiary/aromatic N) is 1. The Labute approximate surface area is 127 Å². The van der Waals surface area contributed by atoms with Crippen LogP contribution >= 0.6 is 0 Å². The Kier molecular flexibility index (Phi) is 6.65. The topological polar surface area (TPSA) is 67.6 Å². The summed E-state index contributed by atoms with van der Waals surface area (Å²) in [5, 5.41) is 2.90. The number of benzene rings is 1. The lowest BCUT2D eigenvalue weighted by Gasteiger charge is -2.39. The molecule has 0 spiro atoms. The van der Waals surface area contributed by atoms with E-state index in [1.165, 1.54) is 0 Å². The van der Waals surface area contributed by atoms with Crippen molar-refractivity contribution in [3.05, 3.63) is 24.3 Å². The van der Waals surface area contributed by atoms with E-state index in [0.717, 1.165) is 24.4 Å². The molecule has 0 bridgehead atoms. The molecule has 1 amide bonds. The molecule has 0 aliphatic carbocycles. The van der Waals surface area contributed by atoms with E-state index in [1.807, 2.05) is 25.1 Å². The first kappa shape index (κ1) is 17.5. The minimum Gasteiger partial charge on any atom is -0.497 e. The van der Waals surface area contributed by atoms with E-state index in [4.69, 9.17) is 10.5 Å². The van der Waals surface area contributed by atoms with Gasteiger partial charge in [-0.1, -0.05) is 19.9 Å². The first-order valence-corrected chi connectivity index (χ1v) is 7.38. The van der Waals surface area contributed by atoms with Crippen molar-refractivity contribution in [2.75, 3.05) is 32.1 Å². The number of rotatable bonds is 8. The van der Waals surface area contributed by atoms with Crippen LogP contribution in [0.1, 0.15) is 27.2 Å². The van der Waals surface area contributed by atoms with Crippen LogP contribution in [0.5, 0.6) is 5.75 Å². The second-order valence-electron chi connectivity index (χ2n) is 5.35. The third kappa shape index (κ3) is 4.72. The van der Waals surface area contributed by atoms with Crippen LogP contribution in [0.4, 0.5) is 5.69 Å². The maximum Gasteiger partial charge on any atom is 0.238 e. The summed E-state index contributed by atoms with van der Waals surface area (Å²) in [5.41, 5.74) is 6.46. The van der Waals surface area contributed by atoms with Gasteiger partial charge in [-0.3, -0.25) is 9.69 Å². The fourth-order valence-electron chi connectivity index (χ4n) is 2.26. The molecule has 0 radical (unpaired) electrons. The molecule has 118 valence electrons. The van der Waals surface area contributed by atoms with Crippen LogP contribution in [0.3, 0.4) is 0 Å². The second-order valence-corrected chi connectivity index (χ2v) is 5.35. The summed E-state index contributed by atoms with van der Waals surface area (Å²) in [4.78, 5) is 14.3. The molecule has 3 N–H and O–H groups in total. The highest BCUT2D eigenvalue weighted by atomic mass is 16.5. The maximum absolute atomic E-state index is 12.2. The zero-order valence-corrected chi connectivity index (χ0v) is 13.5. The van der Waals surface area contributed by atoms with Gasteiger partial charge in [0, 0.05) is 23.8 Å². The van der Waals surface area contributed by atoms with Gasteiger partial charge in [-0.2, -0.15) is 0 Å². The molecule has 0 saturated heterocycles. The second kappa shape index (κ2) is 8.00. The average Bonchev–Trinajstić information content (AvgIpc) is 2.51. The Morgan fingerprint density at radius 1 is 1.43 bits per heavy atom. The Balaban J connectivity index is 2.70. The van der Waals surface area contributed by atoms with Gasteiger partial charge in [0.1, 0.15) is 5.75 Å². The smallest absolute Gasteiger partial charge is 0.238 e. The van der Waals surface area contributed by atoms with Gasteiger partial charge in [0.15, 0.2) is 0 Å². The van der Waals surface area contributed by atoms with Crippen molar-refractivity contribution in [2.45, 2.75) is 32.7 Å². The predicted octanol–water partition coefficient (Wildman–Crippen LogP) is 2.08. The molecule has 0 fully saturated rings. The van der Waals surface area contributed by atoms with Crippen LogP contribution in [-0.2, 0) is 4.79 Å². The molecule has 21 heavy (non-hydrogen) atoms. The number of likely N-dealkylation sites (N-methyl/N-ethyl adjacent to an activating group) is 1. The number of ether oxygens (including phenoxy) is 1. The van der Waals surface area contributed by atoms with Gasteiger partial charge in [-0.25, -0.2) is 0 Å². The molecule has 5 heteroatoms. The molecule has 0 aliphatic heterocycles. The van der Waals surface area contributed by atoms with Crippen molar-refractivity contribution >= 4 is 11.6 Å². The highest BCUT2D eigenvalue weighted by molar-refractivity contribution is 5.92. The largest absolute Gasteiger partial charge is 0.497 e. The monoisotopic (exact) mass is 293 g/mol. The van der Waals surface area contributed by atoms with E-state index < -0.39 is 0 Å². The molecule has 1 aromatic carbocycles. The van der Waals surface area contributed by atoms with Gasteiger partial charge in [0.05, 0.1) is 13.7 Å². The minimum atomic E-state index is -0.152. The number of hydrogen-bond donors (Lipinski definition) is 2. The van der Waals surface area contributed by atoms with Gasteiger partial charge in [-0.05, 0) is 32.0 Å². The number of anilines is 1. The lowest BCUT2D eigenvalue weighted by Crippen LogP contribution is -2.53. The molecule has 0 aliphatic rings. The third-order valence-corrected chi connectivity index (χ3v) is 4.03. The molecule has 1 aromatic rings. The number of amides is 1. The van der Waals surface area contributed by atoms with Crippen LogP contribution in [0.25, 0.3) is 0 Å². The van der Waals surface area contributed by atoms with Crippen molar-refractivity contribution in [3.63, 3.8) is 0 Å². The summed E-state index contributed by atoms with van der Waals surface area (Å²) >= 11 is 0. The molecule has 5 nitrogen and oxygen atoms in total. The molecule has 1 rings (SSSR count).